The van der Waals surface area contributed by atoms with E-state index in [0.29, 0.717) is 5.56 Å². The van der Waals surface area contributed by atoms with E-state index in [9.17, 15) is 14.0 Å². The van der Waals surface area contributed by atoms with Crippen molar-refractivity contribution in [1.29, 1.82) is 0 Å². The second kappa shape index (κ2) is 7.99. The Balaban J connectivity index is 3.17. The maximum atomic E-state index is 13.8. The quantitative estimate of drug-likeness (QED) is 0.202. The van der Waals surface area contributed by atoms with Crippen LogP contribution in [0.5, 0.6) is 0 Å². The molecule has 0 aliphatic carbocycles. The molecular formula is C16H18FNO3. The Bertz CT molecular complexity index is 562. The fourth-order valence-corrected chi connectivity index (χ4v) is 1.59. The zero-order valence-electron chi connectivity index (χ0n) is 12.3. The van der Waals surface area contributed by atoms with Crippen molar-refractivity contribution in [1.82, 2.24) is 4.90 Å². The minimum absolute atomic E-state index is 0.108. The number of benzene rings is 1. The third kappa shape index (κ3) is 5.22. The van der Waals surface area contributed by atoms with E-state index < -0.39 is 17.6 Å². The van der Waals surface area contributed by atoms with Crippen molar-refractivity contribution in [3.05, 3.63) is 59.6 Å². The summed E-state index contributed by atoms with van der Waals surface area (Å²) in [4.78, 5) is 25.6. The normalized spacial score (nSPS) is 12.0. The lowest BCUT2D eigenvalue weighted by atomic mass is 10.0. The third-order valence-corrected chi connectivity index (χ3v) is 2.44. The highest BCUT2D eigenvalue weighted by atomic mass is 19.1. The predicted octanol–water partition coefficient (Wildman–Crippen LogP) is 2.73. The van der Waals surface area contributed by atoms with Crippen LogP contribution in [0.3, 0.4) is 0 Å². The highest BCUT2D eigenvalue weighted by Gasteiger charge is 2.21. The van der Waals surface area contributed by atoms with Gasteiger partial charge in [0.05, 0.1) is 6.61 Å². The molecule has 0 fully saturated rings. The van der Waals surface area contributed by atoms with Gasteiger partial charge in [0.25, 0.3) is 0 Å². The van der Waals surface area contributed by atoms with Gasteiger partial charge in [0.2, 0.25) is 0 Å². The summed E-state index contributed by atoms with van der Waals surface area (Å²) in [5, 5.41) is 0. The van der Waals surface area contributed by atoms with Gasteiger partial charge in [0.1, 0.15) is 11.4 Å². The highest BCUT2D eigenvalue weighted by Crippen LogP contribution is 2.14. The number of allylic oxidation sites excluding steroid dienone is 2. The molecule has 0 amide bonds. The van der Waals surface area contributed by atoms with Crippen LogP contribution in [0.15, 0.2) is 54.0 Å². The molecule has 0 aliphatic rings. The molecule has 1 aromatic carbocycles. The van der Waals surface area contributed by atoms with Crippen molar-refractivity contribution < 1.29 is 18.7 Å². The second-order valence-electron chi connectivity index (χ2n) is 4.45. The molecule has 0 radical (unpaired) electrons. The second-order valence-corrected chi connectivity index (χ2v) is 4.45. The first-order valence-electron chi connectivity index (χ1n) is 6.48. The lowest BCUT2D eigenvalue weighted by Crippen LogP contribution is -2.16. The molecule has 0 saturated heterocycles. The Labute approximate surface area is 123 Å². The molecule has 0 bridgehead atoms. The summed E-state index contributed by atoms with van der Waals surface area (Å²) in [6, 6.07) is 8.20. The lowest BCUT2D eigenvalue weighted by molar-refractivity contribution is -0.138. The molecule has 0 aliphatic heterocycles. The van der Waals surface area contributed by atoms with Gasteiger partial charge in [-0.2, -0.15) is 0 Å². The van der Waals surface area contributed by atoms with Gasteiger partial charge in [-0.15, -0.1) is 0 Å². The van der Waals surface area contributed by atoms with Crippen molar-refractivity contribution in [3.63, 3.8) is 0 Å². The molecule has 0 unspecified atom stereocenters. The zero-order valence-corrected chi connectivity index (χ0v) is 12.3. The number of hydrogen-bond donors (Lipinski definition) is 0. The van der Waals surface area contributed by atoms with E-state index in [-0.39, 0.29) is 12.2 Å². The number of hydrogen-bond acceptors (Lipinski definition) is 4. The number of halogens is 1. The molecule has 1 rings (SSSR count). The van der Waals surface area contributed by atoms with E-state index in [1.54, 1.807) is 51.4 Å². The van der Waals surface area contributed by atoms with E-state index in [2.05, 4.69) is 0 Å². The number of nitrogens with zero attached hydrogens (tertiary/aromatic N) is 1. The number of ether oxygens (including phenoxy) is 1. The number of rotatable bonds is 6. The third-order valence-electron chi connectivity index (χ3n) is 2.44. The van der Waals surface area contributed by atoms with Gasteiger partial charge in [-0.25, -0.2) is 9.18 Å². The smallest absolute Gasteiger partial charge is 0.342 e. The fourth-order valence-electron chi connectivity index (χ4n) is 1.59. The molecule has 4 nitrogen and oxygen atoms in total. The molecule has 1 aromatic rings. The van der Waals surface area contributed by atoms with Gasteiger partial charge >= 0.3 is 5.97 Å². The largest absolute Gasteiger partial charge is 0.462 e. The minimum Gasteiger partial charge on any atom is -0.462 e. The molecule has 0 saturated carbocycles. The Hall–Kier alpha value is -2.43. The summed E-state index contributed by atoms with van der Waals surface area (Å²) < 4.78 is 18.6. The van der Waals surface area contributed by atoms with E-state index in [1.165, 1.54) is 4.90 Å². The minimum atomic E-state index is -0.839. The lowest BCUT2D eigenvalue weighted by Gasteiger charge is -2.07. The van der Waals surface area contributed by atoms with E-state index in [4.69, 9.17) is 4.74 Å². The van der Waals surface area contributed by atoms with Crippen molar-refractivity contribution in [2.75, 3.05) is 20.7 Å². The summed E-state index contributed by atoms with van der Waals surface area (Å²) >= 11 is 0. The van der Waals surface area contributed by atoms with Crippen molar-refractivity contribution in [3.8, 4) is 0 Å². The van der Waals surface area contributed by atoms with Crippen LogP contribution in [0, 0.1) is 0 Å². The first kappa shape index (κ1) is 16.6. The molecular weight excluding hydrogens is 273 g/mol. The number of carbonyl (C=O) groups is 2. The topological polar surface area (TPSA) is 46.6 Å². The standard InChI is InChI=1S/C16H18FNO3/c1-4-21-16(20)14(10-13(17)11-18(2)3)15(19)12-8-6-5-7-9-12/h5-11H,4H2,1-3H3/b13-11-,14-10-. The van der Waals surface area contributed by atoms with Crippen LogP contribution in [0.2, 0.25) is 0 Å². The summed E-state index contributed by atoms with van der Waals surface area (Å²) in [6.07, 6.45) is 2.06. The van der Waals surface area contributed by atoms with Gasteiger partial charge in [-0.1, -0.05) is 30.3 Å². The Morgan fingerprint density at radius 3 is 2.38 bits per heavy atom. The van der Waals surface area contributed by atoms with Gasteiger partial charge in [-0.3, -0.25) is 4.79 Å². The molecule has 0 aromatic heterocycles. The van der Waals surface area contributed by atoms with Crippen LogP contribution >= 0.6 is 0 Å². The van der Waals surface area contributed by atoms with Crippen LogP contribution < -0.4 is 0 Å². The molecule has 112 valence electrons. The number of carbonyl (C=O) groups excluding carboxylic acids is 2. The maximum absolute atomic E-state index is 13.8. The SMILES string of the molecule is CCOC(=O)/C(=C\C(F)=C\N(C)C)C(=O)c1ccccc1. The number of ketones is 1. The molecule has 0 atom stereocenters. The van der Waals surface area contributed by atoms with E-state index in [0.717, 1.165) is 12.3 Å². The Morgan fingerprint density at radius 2 is 1.86 bits per heavy atom. The van der Waals surface area contributed by atoms with Crippen LogP contribution in [0.4, 0.5) is 4.39 Å². The monoisotopic (exact) mass is 291 g/mol. The number of Topliss-reactive ketones (excluding diaryl/α,β-unsaturated/α-hetero) is 1. The molecule has 0 heterocycles. The average molecular weight is 291 g/mol. The van der Waals surface area contributed by atoms with Gasteiger partial charge in [0.15, 0.2) is 5.78 Å². The average Bonchev–Trinajstić information content (AvgIpc) is 2.44. The summed E-state index contributed by atoms with van der Waals surface area (Å²) in [7, 11) is 3.27. The van der Waals surface area contributed by atoms with Crippen LogP contribution in [0.1, 0.15) is 17.3 Å². The first-order chi connectivity index (χ1) is 9.95. The fraction of sp³-hybridized carbons (Fsp3) is 0.250. The first-order valence-corrected chi connectivity index (χ1v) is 6.48. The van der Waals surface area contributed by atoms with Gasteiger partial charge < -0.3 is 9.64 Å². The molecule has 5 heteroatoms. The molecule has 0 N–H and O–H groups in total. The van der Waals surface area contributed by atoms with Crippen molar-refractivity contribution >= 4 is 11.8 Å². The summed E-state index contributed by atoms with van der Waals surface area (Å²) in [5.74, 6) is -2.11. The Morgan fingerprint density at radius 1 is 1.24 bits per heavy atom. The van der Waals surface area contributed by atoms with Crippen molar-refractivity contribution in [2.45, 2.75) is 6.92 Å². The van der Waals surface area contributed by atoms with Crippen LogP contribution in [-0.2, 0) is 9.53 Å². The van der Waals surface area contributed by atoms with Crippen molar-refractivity contribution in [2.24, 2.45) is 0 Å². The van der Waals surface area contributed by atoms with Gasteiger partial charge in [0, 0.05) is 25.9 Å². The van der Waals surface area contributed by atoms with Crippen LogP contribution in [-0.4, -0.2) is 37.4 Å². The van der Waals surface area contributed by atoms with Gasteiger partial charge in [-0.05, 0) is 13.0 Å². The van der Waals surface area contributed by atoms with E-state index >= 15 is 0 Å². The molecule has 0 spiro atoms. The zero-order chi connectivity index (χ0) is 15.8. The summed E-state index contributed by atoms with van der Waals surface area (Å²) in [6.45, 7) is 1.73. The van der Waals surface area contributed by atoms with Crippen LogP contribution in [0.25, 0.3) is 0 Å². The number of esters is 1. The highest BCUT2D eigenvalue weighted by molar-refractivity contribution is 6.24. The summed E-state index contributed by atoms with van der Waals surface area (Å²) in [5.41, 5.74) is -0.0342. The maximum Gasteiger partial charge on any atom is 0.342 e. The predicted molar refractivity (Wildman–Crippen MR) is 78.4 cm³/mol. The molecule has 21 heavy (non-hydrogen) atoms. The van der Waals surface area contributed by atoms with E-state index in [1.807, 2.05) is 0 Å². The Kier molecular flexibility index (Phi) is 6.33.